The molecule has 1 fully saturated rings. The molecule has 3 nitrogen and oxygen atoms in total. The molecule has 1 aromatic carbocycles. The van der Waals surface area contributed by atoms with E-state index < -0.39 is 0 Å². The van der Waals surface area contributed by atoms with Crippen molar-refractivity contribution in [2.45, 2.75) is 38.3 Å². The van der Waals surface area contributed by atoms with Gasteiger partial charge in [0.15, 0.2) is 0 Å². The summed E-state index contributed by atoms with van der Waals surface area (Å²) >= 11 is 0. The molecule has 2 rings (SSSR count). The zero-order valence-electron chi connectivity index (χ0n) is 11.9. The first kappa shape index (κ1) is 15.1. The molecule has 0 spiro atoms. The molecule has 1 unspecified atom stereocenters. The molecule has 2 N–H and O–H groups in total. The van der Waals surface area contributed by atoms with Gasteiger partial charge in [-0.05, 0) is 49.9 Å². The molecule has 0 radical (unpaired) electrons. The molecule has 1 heterocycles. The van der Waals surface area contributed by atoms with E-state index in [1.54, 1.807) is 0 Å². The van der Waals surface area contributed by atoms with Gasteiger partial charge in [-0.15, -0.1) is 0 Å². The van der Waals surface area contributed by atoms with Gasteiger partial charge in [0.1, 0.15) is 6.61 Å². The fourth-order valence-electron chi connectivity index (χ4n) is 2.88. The molecule has 0 aromatic heterocycles. The topological polar surface area (TPSA) is 43.7 Å². The van der Waals surface area contributed by atoms with Crippen molar-refractivity contribution in [3.8, 4) is 11.8 Å². The third-order valence-electron chi connectivity index (χ3n) is 3.82. The van der Waals surface area contributed by atoms with Crippen molar-refractivity contribution in [2.75, 3.05) is 19.8 Å². The minimum atomic E-state index is -0.0976. The van der Waals surface area contributed by atoms with Crippen LogP contribution in [0.5, 0.6) is 0 Å². The second-order valence-corrected chi connectivity index (χ2v) is 5.29. The Labute approximate surface area is 121 Å². The van der Waals surface area contributed by atoms with Crippen molar-refractivity contribution in [1.82, 2.24) is 4.90 Å². The van der Waals surface area contributed by atoms with E-state index in [0.29, 0.717) is 6.04 Å². The maximum Gasteiger partial charge on any atom is 0.104 e. The van der Waals surface area contributed by atoms with E-state index in [-0.39, 0.29) is 13.2 Å². The lowest BCUT2D eigenvalue weighted by molar-refractivity contribution is 0.210. The zero-order valence-corrected chi connectivity index (χ0v) is 11.9. The van der Waals surface area contributed by atoms with Crippen LogP contribution in [-0.4, -0.2) is 40.9 Å². The highest BCUT2D eigenvalue weighted by atomic mass is 16.3. The first-order valence-electron chi connectivity index (χ1n) is 7.37. The van der Waals surface area contributed by atoms with E-state index in [0.717, 1.165) is 31.5 Å². The molecule has 0 amide bonds. The molecule has 1 saturated heterocycles. The molecule has 20 heavy (non-hydrogen) atoms. The summed E-state index contributed by atoms with van der Waals surface area (Å²) in [5.74, 6) is 5.64. The van der Waals surface area contributed by atoms with Crippen molar-refractivity contribution >= 4 is 0 Å². The molecule has 0 saturated carbocycles. The Morgan fingerprint density at radius 2 is 2.20 bits per heavy atom. The van der Waals surface area contributed by atoms with E-state index in [4.69, 9.17) is 10.2 Å². The number of benzene rings is 1. The molecule has 3 heteroatoms. The summed E-state index contributed by atoms with van der Waals surface area (Å²) in [5.41, 5.74) is 2.23. The zero-order chi connectivity index (χ0) is 14.2. The van der Waals surface area contributed by atoms with Gasteiger partial charge >= 0.3 is 0 Å². The van der Waals surface area contributed by atoms with Gasteiger partial charge in [0.25, 0.3) is 0 Å². The first-order valence-corrected chi connectivity index (χ1v) is 7.37. The monoisotopic (exact) mass is 273 g/mol. The summed E-state index contributed by atoms with van der Waals surface area (Å²) in [6, 6.07) is 8.83. The highest BCUT2D eigenvalue weighted by Crippen LogP contribution is 2.23. The van der Waals surface area contributed by atoms with Crippen LogP contribution >= 0.6 is 0 Å². The van der Waals surface area contributed by atoms with Gasteiger partial charge in [-0.3, -0.25) is 4.90 Å². The number of hydrogen-bond donors (Lipinski definition) is 2. The van der Waals surface area contributed by atoms with Crippen molar-refractivity contribution in [3.05, 3.63) is 35.4 Å². The van der Waals surface area contributed by atoms with Gasteiger partial charge < -0.3 is 10.2 Å². The summed E-state index contributed by atoms with van der Waals surface area (Å²) in [4.78, 5) is 2.51. The van der Waals surface area contributed by atoms with Crippen molar-refractivity contribution in [2.24, 2.45) is 0 Å². The minimum Gasteiger partial charge on any atom is -0.396 e. The Hall–Kier alpha value is -1.34. The van der Waals surface area contributed by atoms with E-state index in [1.165, 1.54) is 18.4 Å². The van der Waals surface area contributed by atoms with E-state index >= 15 is 0 Å². The van der Waals surface area contributed by atoms with Gasteiger partial charge in [0, 0.05) is 24.8 Å². The highest BCUT2D eigenvalue weighted by Gasteiger charge is 2.23. The molecular weight excluding hydrogens is 250 g/mol. The molecule has 1 atom stereocenters. The second-order valence-electron chi connectivity index (χ2n) is 5.29. The summed E-state index contributed by atoms with van der Waals surface area (Å²) in [7, 11) is 0. The van der Waals surface area contributed by atoms with Gasteiger partial charge in [-0.1, -0.05) is 24.0 Å². The minimum absolute atomic E-state index is 0.0976. The van der Waals surface area contributed by atoms with E-state index in [2.05, 4.69) is 28.9 Å². The Balaban J connectivity index is 1.98. The fourth-order valence-corrected chi connectivity index (χ4v) is 2.88. The average Bonchev–Trinajstić information content (AvgIpc) is 2.90. The standard InChI is InChI=1S/C17H23NO2/c19-11-3-7-15-5-1-6-16(13-15)14-18-10-2-8-17(18)9-4-12-20/h1,5-6,13,17,19-20H,2,4,8-12,14H2. The number of likely N-dealkylation sites (tertiary alicyclic amines) is 1. The van der Waals surface area contributed by atoms with Crippen LogP contribution in [0, 0.1) is 11.8 Å². The Morgan fingerprint density at radius 1 is 1.30 bits per heavy atom. The fraction of sp³-hybridized carbons (Fsp3) is 0.529. The SMILES string of the molecule is OCC#Cc1cccc(CN2CCCC2CCCO)c1. The number of hydrogen-bond acceptors (Lipinski definition) is 3. The second kappa shape index (κ2) is 8.06. The quantitative estimate of drug-likeness (QED) is 0.804. The summed E-state index contributed by atoms with van der Waals surface area (Å²) in [6.45, 7) is 2.28. The first-order chi connectivity index (χ1) is 9.83. The predicted molar refractivity (Wildman–Crippen MR) is 80.2 cm³/mol. The molecule has 0 aliphatic carbocycles. The Morgan fingerprint density at radius 3 is 3.00 bits per heavy atom. The number of nitrogens with zero attached hydrogens (tertiary/aromatic N) is 1. The number of aliphatic hydroxyl groups is 2. The number of rotatable bonds is 5. The molecule has 1 aliphatic heterocycles. The van der Waals surface area contributed by atoms with Crippen LogP contribution in [0.1, 0.15) is 36.8 Å². The highest BCUT2D eigenvalue weighted by molar-refractivity contribution is 5.37. The average molecular weight is 273 g/mol. The maximum atomic E-state index is 8.97. The lowest BCUT2D eigenvalue weighted by Crippen LogP contribution is -2.29. The Bertz CT molecular complexity index is 475. The van der Waals surface area contributed by atoms with Crippen LogP contribution in [0.4, 0.5) is 0 Å². The van der Waals surface area contributed by atoms with Crippen LogP contribution in [0.25, 0.3) is 0 Å². The van der Waals surface area contributed by atoms with Crippen LogP contribution in [-0.2, 0) is 6.54 Å². The van der Waals surface area contributed by atoms with Crippen LogP contribution < -0.4 is 0 Å². The van der Waals surface area contributed by atoms with Crippen LogP contribution in [0.3, 0.4) is 0 Å². The van der Waals surface area contributed by atoms with Gasteiger partial charge in [0.2, 0.25) is 0 Å². The molecule has 108 valence electrons. The van der Waals surface area contributed by atoms with Crippen LogP contribution in [0.15, 0.2) is 24.3 Å². The third-order valence-corrected chi connectivity index (χ3v) is 3.82. The summed E-state index contributed by atoms with van der Waals surface area (Å²) < 4.78 is 0. The van der Waals surface area contributed by atoms with Crippen LogP contribution in [0.2, 0.25) is 0 Å². The molecular formula is C17H23NO2. The predicted octanol–water partition coefficient (Wildman–Crippen LogP) is 1.77. The Kier molecular flexibility index (Phi) is 6.07. The normalized spacial score (nSPS) is 18.8. The summed E-state index contributed by atoms with van der Waals surface area (Å²) in [6.07, 6.45) is 4.47. The lowest BCUT2D eigenvalue weighted by Gasteiger charge is -2.24. The summed E-state index contributed by atoms with van der Waals surface area (Å²) in [5, 5.41) is 17.7. The molecule has 1 aliphatic rings. The van der Waals surface area contributed by atoms with Crippen molar-refractivity contribution in [3.63, 3.8) is 0 Å². The molecule has 0 bridgehead atoms. The van der Waals surface area contributed by atoms with E-state index in [1.807, 2.05) is 12.1 Å². The smallest absolute Gasteiger partial charge is 0.104 e. The third kappa shape index (κ3) is 4.35. The molecule has 1 aromatic rings. The van der Waals surface area contributed by atoms with Gasteiger partial charge in [0.05, 0.1) is 0 Å². The van der Waals surface area contributed by atoms with E-state index in [9.17, 15) is 0 Å². The number of aliphatic hydroxyl groups excluding tert-OH is 2. The lowest BCUT2D eigenvalue weighted by atomic mass is 10.1. The maximum absolute atomic E-state index is 8.97. The van der Waals surface area contributed by atoms with Gasteiger partial charge in [-0.25, -0.2) is 0 Å². The van der Waals surface area contributed by atoms with Crippen molar-refractivity contribution < 1.29 is 10.2 Å². The largest absolute Gasteiger partial charge is 0.396 e. The van der Waals surface area contributed by atoms with Gasteiger partial charge in [-0.2, -0.15) is 0 Å². The van der Waals surface area contributed by atoms with Crippen molar-refractivity contribution in [1.29, 1.82) is 0 Å².